The minimum atomic E-state index is -3.36. The van der Waals surface area contributed by atoms with Crippen molar-refractivity contribution in [1.29, 1.82) is 0 Å². The van der Waals surface area contributed by atoms with E-state index >= 15 is 0 Å². The van der Waals surface area contributed by atoms with Gasteiger partial charge in [0, 0.05) is 12.8 Å². The van der Waals surface area contributed by atoms with E-state index in [9.17, 15) is 13.5 Å². The summed E-state index contributed by atoms with van der Waals surface area (Å²) in [5.41, 5.74) is 0.542. The lowest BCUT2D eigenvalue weighted by molar-refractivity contribution is 0.262. The molecule has 0 aliphatic rings. The molecule has 1 heterocycles. The lowest BCUT2D eigenvalue weighted by Gasteiger charge is -2.18. The monoisotopic (exact) mass is 289 g/mol. The van der Waals surface area contributed by atoms with E-state index < -0.39 is 9.84 Å². The van der Waals surface area contributed by atoms with Crippen molar-refractivity contribution >= 4 is 9.84 Å². The molecule has 0 aliphatic carbocycles. The number of rotatable bonds is 8. The molecule has 110 valence electrons. The number of aliphatic hydroxyl groups is 1. The van der Waals surface area contributed by atoms with Crippen molar-refractivity contribution in [2.45, 2.75) is 38.6 Å². The second kappa shape index (κ2) is 7.02. The summed E-state index contributed by atoms with van der Waals surface area (Å²) in [5, 5.41) is 9.27. The van der Waals surface area contributed by atoms with Gasteiger partial charge in [0.15, 0.2) is 0 Å². The average Bonchev–Trinajstić information content (AvgIpc) is 2.77. The van der Waals surface area contributed by atoms with E-state index in [4.69, 9.17) is 0 Å². The Morgan fingerprint density at radius 1 is 1.37 bits per heavy atom. The summed E-state index contributed by atoms with van der Waals surface area (Å²) >= 11 is 0. The minimum absolute atomic E-state index is 0.0381. The van der Waals surface area contributed by atoms with Gasteiger partial charge in [0.2, 0.25) is 15.0 Å². The lowest BCUT2D eigenvalue weighted by atomic mass is 10.3. The highest BCUT2D eigenvalue weighted by Crippen LogP contribution is 2.12. The molecule has 0 saturated heterocycles. The van der Waals surface area contributed by atoms with Crippen molar-refractivity contribution in [3.05, 3.63) is 11.9 Å². The Hall–Kier alpha value is -0.920. The SMILES string of the molecule is CCN(CC)CCCn1c(CO)cnc1S(C)(=O)=O. The van der Waals surface area contributed by atoms with E-state index in [1.54, 1.807) is 4.57 Å². The Labute approximate surface area is 115 Å². The van der Waals surface area contributed by atoms with E-state index in [1.165, 1.54) is 6.20 Å². The molecule has 1 aromatic rings. The molecule has 7 heteroatoms. The molecule has 0 radical (unpaired) electrons. The number of sulfone groups is 1. The lowest BCUT2D eigenvalue weighted by Crippen LogP contribution is -2.25. The van der Waals surface area contributed by atoms with E-state index in [-0.39, 0.29) is 11.8 Å². The third-order valence-corrected chi connectivity index (χ3v) is 4.13. The van der Waals surface area contributed by atoms with E-state index in [2.05, 4.69) is 23.7 Å². The van der Waals surface area contributed by atoms with Gasteiger partial charge in [-0.3, -0.25) is 0 Å². The number of hydrogen-bond acceptors (Lipinski definition) is 5. The highest BCUT2D eigenvalue weighted by molar-refractivity contribution is 7.90. The molecule has 19 heavy (non-hydrogen) atoms. The third-order valence-electron chi connectivity index (χ3n) is 3.15. The normalized spacial score (nSPS) is 12.3. The number of aromatic nitrogens is 2. The summed E-state index contributed by atoms with van der Waals surface area (Å²) in [6, 6.07) is 0. The van der Waals surface area contributed by atoms with Crippen LogP contribution in [0.2, 0.25) is 0 Å². The molecule has 1 aromatic heterocycles. The zero-order valence-corrected chi connectivity index (χ0v) is 12.7. The van der Waals surface area contributed by atoms with Crippen LogP contribution in [0.4, 0.5) is 0 Å². The van der Waals surface area contributed by atoms with Gasteiger partial charge in [-0.2, -0.15) is 0 Å². The Balaban J connectivity index is 2.79. The van der Waals surface area contributed by atoms with Gasteiger partial charge in [0.25, 0.3) is 0 Å². The third kappa shape index (κ3) is 4.29. The van der Waals surface area contributed by atoms with Crippen molar-refractivity contribution in [3.63, 3.8) is 0 Å². The van der Waals surface area contributed by atoms with Gasteiger partial charge in [-0.15, -0.1) is 0 Å². The molecule has 0 atom stereocenters. The van der Waals surface area contributed by atoms with Crippen molar-refractivity contribution in [1.82, 2.24) is 14.5 Å². The number of aliphatic hydroxyl groups excluding tert-OH is 1. The fraction of sp³-hybridized carbons (Fsp3) is 0.750. The Kier molecular flexibility index (Phi) is 5.96. The molecule has 1 rings (SSSR count). The summed E-state index contributed by atoms with van der Waals surface area (Å²) in [4.78, 5) is 6.17. The highest BCUT2D eigenvalue weighted by Gasteiger charge is 2.18. The number of hydrogen-bond donors (Lipinski definition) is 1. The van der Waals surface area contributed by atoms with E-state index in [1.807, 2.05) is 0 Å². The maximum Gasteiger partial charge on any atom is 0.227 e. The highest BCUT2D eigenvalue weighted by atomic mass is 32.2. The van der Waals surface area contributed by atoms with Crippen molar-refractivity contribution in [2.75, 3.05) is 25.9 Å². The molecular formula is C12H23N3O3S. The molecule has 0 fully saturated rings. The van der Waals surface area contributed by atoms with Crippen molar-refractivity contribution in [3.8, 4) is 0 Å². The summed E-state index contributed by atoms with van der Waals surface area (Å²) in [7, 11) is -3.36. The first-order valence-electron chi connectivity index (χ1n) is 6.51. The maximum absolute atomic E-state index is 11.6. The molecule has 0 aromatic carbocycles. The molecule has 0 aliphatic heterocycles. The van der Waals surface area contributed by atoms with Gasteiger partial charge in [-0.25, -0.2) is 13.4 Å². The molecule has 6 nitrogen and oxygen atoms in total. The van der Waals surface area contributed by atoms with Crippen LogP contribution in [-0.4, -0.2) is 53.9 Å². The van der Waals surface area contributed by atoms with Crippen LogP contribution in [0.25, 0.3) is 0 Å². The second-order valence-corrected chi connectivity index (χ2v) is 6.40. The van der Waals surface area contributed by atoms with Crippen molar-refractivity contribution in [2.24, 2.45) is 0 Å². The van der Waals surface area contributed by atoms with E-state index in [0.29, 0.717) is 12.2 Å². The summed E-state index contributed by atoms with van der Waals surface area (Å²) in [5.74, 6) is 0. The molecule has 0 bridgehead atoms. The summed E-state index contributed by atoms with van der Waals surface area (Å²) < 4.78 is 24.8. The second-order valence-electron chi connectivity index (χ2n) is 4.49. The molecule has 0 amide bonds. The van der Waals surface area contributed by atoms with Crippen LogP contribution < -0.4 is 0 Å². The first-order valence-corrected chi connectivity index (χ1v) is 8.40. The van der Waals surface area contributed by atoms with Gasteiger partial charge < -0.3 is 14.6 Å². The van der Waals surface area contributed by atoms with Gasteiger partial charge in [-0.1, -0.05) is 13.8 Å². The van der Waals surface area contributed by atoms with Crippen LogP contribution in [0.5, 0.6) is 0 Å². The van der Waals surface area contributed by atoms with Gasteiger partial charge in [-0.05, 0) is 26.1 Å². The van der Waals surface area contributed by atoms with Crippen LogP contribution in [0, 0.1) is 0 Å². The molecular weight excluding hydrogens is 266 g/mol. The van der Waals surface area contributed by atoms with Crippen LogP contribution >= 0.6 is 0 Å². The number of nitrogens with zero attached hydrogens (tertiary/aromatic N) is 3. The predicted octanol–water partition coefficient (Wildman–Crippen LogP) is 0.511. The zero-order chi connectivity index (χ0) is 14.5. The first-order chi connectivity index (χ1) is 8.93. The Morgan fingerprint density at radius 3 is 2.47 bits per heavy atom. The maximum atomic E-state index is 11.6. The quantitative estimate of drug-likeness (QED) is 0.755. The van der Waals surface area contributed by atoms with Crippen LogP contribution in [-0.2, 0) is 23.0 Å². The summed E-state index contributed by atoms with van der Waals surface area (Å²) in [6.45, 7) is 7.41. The van der Waals surface area contributed by atoms with Crippen LogP contribution in [0.3, 0.4) is 0 Å². The average molecular weight is 289 g/mol. The van der Waals surface area contributed by atoms with Gasteiger partial charge in [0.05, 0.1) is 18.5 Å². The smallest absolute Gasteiger partial charge is 0.227 e. The molecule has 0 saturated carbocycles. The van der Waals surface area contributed by atoms with Crippen LogP contribution in [0.1, 0.15) is 26.0 Å². The fourth-order valence-corrected chi connectivity index (χ4v) is 2.90. The van der Waals surface area contributed by atoms with Gasteiger partial charge >= 0.3 is 0 Å². The standard InChI is InChI=1S/C12H23N3O3S/c1-4-14(5-2)7-6-8-15-11(10-16)9-13-12(15)19(3,17)18/h9,16H,4-8,10H2,1-3H3. The minimum Gasteiger partial charge on any atom is -0.390 e. The zero-order valence-electron chi connectivity index (χ0n) is 11.8. The van der Waals surface area contributed by atoms with E-state index in [0.717, 1.165) is 32.3 Å². The molecule has 1 N–H and O–H groups in total. The van der Waals surface area contributed by atoms with Crippen molar-refractivity contribution < 1.29 is 13.5 Å². The molecule has 0 spiro atoms. The van der Waals surface area contributed by atoms with Gasteiger partial charge in [0.1, 0.15) is 0 Å². The predicted molar refractivity (Wildman–Crippen MR) is 73.7 cm³/mol. The Bertz CT molecular complexity index is 492. The topological polar surface area (TPSA) is 75.4 Å². The first kappa shape index (κ1) is 16.1. The summed E-state index contributed by atoms with van der Waals surface area (Å²) in [6.07, 6.45) is 3.39. The number of imidazole rings is 1. The Morgan fingerprint density at radius 2 is 2.00 bits per heavy atom. The van der Waals surface area contributed by atoms with Crippen LogP contribution in [0.15, 0.2) is 11.4 Å². The molecule has 0 unspecified atom stereocenters. The largest absolute Gasteiger partial charge is 0.390 e. The fourth-order valence-electron chi connectivity index (χ4n) is 2.05.